The Kier molecular flexibility index (Phi) is 4.29. The molecular formula is C11H20N2O2. The molecule has 0 unspecified atom stereocenters. The second-order valence-corrected chi connectivity index (χ2v) is 4.18. The number of piperazine rings is 1. The molecule has 0 bridgehead atoms. The molecule has 1 rings (SSSR count). The van der Waals surface area contributed by atoms with Gasteiger partial charge in [0, 0.05) is 37.8 Å². The standard InChI is InChI=1S/C11H20N2O2/c1-9(2)12-4-6-13(7-5-12)11(15)10(3)8-14/h9,14H,3-8H2,1-2H3. The average Bonchev–Trinajstić information content (AvgIpc) is 2.27. The molecule has 0 aliphatic carbocycles. The summed E-state index contributed by atoms with van der Waals surface area (Å²) >= 11 is 0. The molecule has 1 saturated heterocycles. The number of aliphatic hydroxyl groups is 1. The minimum atomic E-state index is -0.247. The number of carbonyl (C=O) groups is 1. The largest absolute Gasteiger partial charge is 0.391 e. The highest BCUT2D eigenvalue weighted by molar-refractivity contribution is 5.93. The second kappa shape index (κ2) is 5.28. The maximum Gasteiger partial charge on any atom is 0.251 e. The highest BCUT2D eigenvalue weighted by Crippen LogP contribution is 2.08. The lowest BCUT2D eigenvalue weighted by Crippen LogP contribution is -2.51. The first-order valence-electron chi connectivity index (χ1n) is 5.38. The molecule has 1 amide bonds. The Hall–Kier alpha value is -0.870. The third-order valence-electron chi connectivity index (χ3n) is 2.83. The summed E-state index contributed by atoms with van der Waals surface area (Å²) in [4.78, 5) is 15.8. The topological polar surface area (TPSA) is 43.8 Å². The minimum Gasteiger partial charge on any atom is -0.391 e. The van der Waals surface area contributed by atoms with Gasteiger partial charge in [0.05, 0.1) is 6.61 Å². The zero-order chi connectivity index (χ0) is 11.4. The molecule has 1 aliphatic rings. The van der Waals surface area contributed by atoms with Gasteiger partial charge >= 0.3 is 0 Å². The lowest BCUT2D eigenvalue weighted by atomic mass is 10.2. The van der Waals surface area contributed by atoms with Gasteiger partial charge in [0.1, 0.15) is 0 Å². The molecular weight excluding hydrogens is 192 g/mol. The van der Waals surface area contributed by atoms with Crippen molar-refractivity contribution in [3.63, 3.8) is 0 Å². The van der Waals surface area contributed by atoms with Gasteiger partial charge in [-0.1, -0.05) is 6.58 Å². The molecule has 15 heavy (non-hydrogen) atoms. The van der Waals surface area contributed by atoms with Gasteiger partial charge in [0.2, 0.25) is 0 Å². The number of rotatable bonds is 3. The van der Waals surface area contributed by atoms with E-state index in [0.29, 0.717) is 6.04 Å². The molecule has 0 aromatic heterocycles. The fourth-order valence-electron chi connectivity index (χ4n) is 1.73. The monoisotopic (exact) mass is 212 g/mol. The molecule has 0 atom stereocenters. The van der Waals surface area contributed by atoms with Gasteiger partial charge in [-0.3, -0.25) is 9.69 Å². The Labute approximate surface area is 91.2 Å². The lowest BCUT2D eigenvalue weighted by molar-refractivity contribution is -0.129. The van der Waals surface area contributed by atoms with Crippen LogP contribution >= 0.6 is 0 Å². The number of hydrogen-bond donors (Lipinski definition) is 1. The van der Waals surface area contributed by atoms with Crippen LogP contribution in [0.15, 0.2) is 12.2 Å². The molecule has 0 aromatic rings. The molecule has 0 aromatic carbocycles. The van der Waals surface area contributed by atoms with E-state index in [9.17, 15) is 4.79 Å². The van der Waals surface area contributed by atoms with Crippen molar-refractivity contribution < 1.29 is 9.90 Å². The first-order chi connectivity index (χ1) is 7.06. The Balaban J connectivity index is 2.44. The van der Waals surface area contributed by atoms with E-state index >= 15 is 0 Å². The number of hydrogen-bond acceptors (Lipinski definition) is 3. The third-order valence-corrected chi connectivity index (χ3v) is 2.83. The summed E-state index contributed by atoms with van der Waals surface area (Å²) in [5.74, 6) is -0.110. The van der Waals surface area contributed by atoms with Crippen LogP contribution in [-0.2, 0) is 4.79 Å². The van der Waals surface area contributed by atoms with Crippen LogP contribution in [0.3, 0.4) is 0 Å². The molecule has 1 aliphatic heterocycles. The zero-order valence-corrected chi connectivity index (χ0v) is 9.57. The third kappa shape index (κ3) is 3.04. The Bertz CT molecular complexity index is 243. The van der Waals surface area contributed by atoms with E-state index in [1.165, 1.54) is 0 Å². The fraction of sp³-hybridized carbons (Fsp3) is 0.727. The molecule has 1 fully saturated rings. The number of aliphatic hydroxyl groups excluding tert-OH is 1. The smallest absolute Gasteiger partial charge is 0.251 e. The van der Waals surface area contributed by atoms with Crippen LogP contribution < -0.4 is 0 Å². The molecule has 0 radical (unpaired) electrons. The highest BCUT2D eigenvalue weighted by Gasteiger charge is 2.23. The van der Waals surface area contributed by atoms with E-state index in [4.69, 9.17) is 5.11 Å². The van der Waals surface area contributed by atoms with Crippen LogP contribution in [-0.4, -0.2) is 59.6 Å². The van der Waals surface area contributed by atoms with E-state index in [1.54, 1.807) is 4.90 Å². The van der Waals surface area contributed by atoms with E-state index in [-0.39, 0.29) is 18.1 Å². The maximum absolute atomic E-state index is 11.7. The van der Waals surface area contributed by atoms with Crippen molar-refractivity contribution in [3.05, 3.63) is 12.2 Å². The van der Waals surface area contributed by atoms with E-state index in [1.807, 2.05) is 0 Å². The summed E-state index contributed by atoms with van der Waals surface area (Å²) in [6, 6.07) is 0.531. The Morgan fingerprint density at radius 1 is 1.33 bits per heavy atom. The van der Waals surface area contributed by atoms with Crippen molar-refractivity contribution >= 4 is 5.91 Å². The fourth-order valence-corrected chi connectivity index (χ4v) is 1.73. The van der Waals surface area contributed by atoms with Crippen LogP contribution in [0.1, 0.15) is 13.8 Å². The SMILES string of the molecule is C=C(CO)C(=O)N1CCN(C(C)C)CC1. The van der Waals surface area contributed by atoms with Gasteiger partial charge in [-0.2, -0.15) is 0 Å². The zero-order valence-electron chi connectivity index (χ0n) is 9.57. The average molecular weight is 212 g/mol. The molecule has 0 spiro atoms. The minimum absolute atomic E-state index is 0.110. The van der Waals surface area contributed by atoms with Crippen molar-refractivity contribution in [2.45, 2.75) is 19.9 Å². The molecule has 4 nitrogen and oxygen atoms in total. The molecule has 86 valence electrons. The molecule has 4 heteroatoms. The van der Waals surface area contributed by atoms with Crippen LogP contribution in [0.5, 0.6) is 0 Å². The van der Waals surface area contributed by atoms with Gasteiger partial charge in [-0.15, -0.1) is 0 Å². The van der Waals surface area contributed by atoms with Crippen molar-refractivity contribution in [1.29, 1.82) is 0 Å². The predicted octanol–water partition coefficient (Wildman–Crippen LogP) is 0.0875. The first kappa shape index (κ1) is 12.2. The molecule has 1 N–H and O–H groups in total. The number of nitrogens with zero attached hydrogens (tertiary/aromatic N) is 2. The van der Waals surface area contributed by atoms with E-state index < -0.39 is 0 Å². The number of amides is 1. The molecule has 1 heterocycles. The first-order valence-corrected chi connectivity index (χ1v) is 5.38. The summed E-state index contributed by atoms with van der Waals surface area (Å²) in [6.07, 6.45) is 0. The van der Waals surface area contributed by atoms with Gasteiger partial charge in [0.15, 0.2) is 0 Å². The summed E-state index contributed by atoms with van der Waals surface area (Å²) in [7, 11) is 0. The lowest BCUT2D eigenvalue weighted by Gasteiger charge is -2.37. The predicted molar refractivity (Wildman–Crippen MR) is 59.5 cm³/mol. The van der Waals surface area contributed by atoms with Crippen molar-refractivity contribution in [3.8, 4) is 0 Å². The van der Waals surface area contributed by atoms with E-state index in [2.05, 4.69) is 25.3 Å². The summed E-state index contributed by atoms with van der Waals surface area (Å²) in [5.41, 5.74) is 0.285. The maximum atomic E-state index is 11.7. The Morgan fingerprint density at radius 3 is 2.27 bits per heavy atom. The van der Waals surface area contributed by atoms with Gasteiger partial charge < -0.3 is 10.0 Å². The Morgan fingerprint density at radius 2 is 1.87 bits per heavy atom. The van der Waals surface area contributed by atoms with Crippen molar-refractivity contribution in [2.24, 2.45) is 0 Å². The van der Waals surface area contributed by atoms with Crippen LogP contribution in [0.2, 0.25) is 0 Å². The van der Waals surface area contributed by atoms with Gasteiger partial charge in [-0.05, 0) is 13.8 Å². The summed E-state index contributed by atoms with van der Waals surface area (Å²) in [6.45, 7) is 10.9. The van der Waals surface area contributed by atoms with Crippen LogP contribution in [0, 0.1) is 0 Å². The normalized spacial score (nSPS) is 18.3. The number of carbonyl (C=O) groups excluding carboxylic acids is 1. The highest BCUT2D eigenvalue weighted by atomic mass is 16.3. The van der Waals surface area contributed by atoms with E-state index in [0.717, 1.165) is 26.2 Å². The summed E-state index contributed by atoms with van der Waals surface area (Å²) < 4.78 is 0. The van der Waals surface area contributed by atoms with Crippen LogP contribution in [0.25, 0.3) is 0 Å². The quantitative estimate of drug-likeness (QED) is 0.674. The molecule has 0 saturated carbocycles. The van der Waals surface area contributed by atoms with Crippen molar-refractivity contribution in [2.75, 3.05) is 32.8 Å². The van der Waals surface area contributed by atoms with Gasteiger partial charge in [-0.25, -0.2) is 0 Å². The van der Waals surface area contributed by atoms with Gasteiger partial charge in [0.25, 0.3) is 5.91 Å². The second-order valence-electron chi connectivity index (χ2n) is 4.18. The summed E-state index contributed by atoms with van der Waals surface area (Å²) in [5, 5.41) is 8.82. The van der Waals surface area contributed by atoms with Crippen LogP contribution in [0.4, 0.5) is 0 Å². The van der Waals surface area contributed by atoms with Crippen molar-refractivity contribution in [1.82, 2.24) is 9.80 Å².